The number of rotatable bonds is 8. The van der Waals surface area contributed by atoms with Crippen LogP contribution in [-0.2, 0) is 29.1 Å². The van der Waals surface area contributed by atoms with Crippen molar-refractivity contribution in [2.24, 2.45) is 16.7 Å². The maximum atomic E-state index is 14.8. The molecule has 0 unspecified atom stereocenters. The Labute approximate surface area is 351 Å². The molecule has 60 heavy (non-hydrogen) atoms. The summed E-state index contributed by atoms with van der Waals surface area (Å²) in [7, 11) is -2.33. The Balaban J connectivity index is 1.30. The topological polar surface area (TPSA) is 182 Å². The number of hydrogen-bond acceptors (Lipinski definition) is 10. The summed E-state index contributed by atoms with van der Waals surface area (Å²) in [6.45, 7) is 13.3. The summed E-state index contributed by atoms with van der Waals surface area (Å²) < 4.78 is 46.2. The average molecular weight is 842 g/mol. The molecule has 320 valence electrons. The van der Waals surface area contributed by atoms with Crippen LogP contribution in [0.15, 0.2) is 67.3 Å². The summed E-state index contributed by atoms with van der Waals surface area (Å²) >= 11 is 0. The number of ether oxygens (including phenoxy) is 3. The quantitative estimate of drug-likeness (QED) is 0.231. The Kier molecular flexibility index (Phi) is 11.5. The lowest BCUT2D eigenvalue weighted by molar-refractivity contribution is -0.142. The number of pyridine rings is 1. The van der Waals surface area contributed by atoms with Crippen LogP contribution in [0.5, 0.6) is 11.5 Å². The monoisotopic (exact) mass is 841 g/mol. The highest BCUT2D eigenvalue weighted by atomic mass is 32.2. The number of carbonyl (C=O) groups excluding carboxylic acids is 4. The first-order valence-electron chi connectivity index (χ1n) is 20.5. The molecule has 2 aromatic carbocycles. The summed E-state index contributed by atoms with van der Waals surface area (Å²) in [6, 6.07) is 13.0. The Hall–Kier alpha value is -5.44. The molecule has 14 nitrogen and oxygen atoms in total. The van der Waals surface area contributed by atoms with E-state index >= 15 is 0 Å². The van der Waals surface area contributed by atoms with Gasteiger partial charge in [0.25, 0.3) is 5.91 Å². The molecule has 2 aliphatic carbocycles. The molecule has 4 bridgehead atoms. The Morgan fingerprint density at radius 2 is 1.83 bits per heavy atom. The number of amides is 4. The highest BCUT2D eigenvalue weighted by molar-refractivity contribution is 7.91. The number of nitrogens with zero attached hydrogens (tertiary/aromatic N) is 2. The van der Waals surface area contributed by atoms with Crippen LogP contribution in [0.25, 0.3) is 28.2 Å². The molecule has 1 saturated heterocycles. The molecule has 3 heterocycles. The van der Waals surface area contributed by atoms with Gasteiger partial charge in [-0.05, 0) is 49.0 Å². The SMILES string of the molecule is C=C[C@H]1C[C@]1(NC(=O)[C@@H]1C[C@@H]2CN1C(=O)[C@H](C(C)(C)C)NC(=O)OCC(C)(C)CC/C=C/c1cc3c(cc(-c4ccccc4)nc3cc1OC)O2)C(=O)NS(=O)(=O)C1CC1. The first kappa shape index (κ1) is 42.7. The summed E-state index contributed by atoms with van der Waals surface area (Å²) in [6.07, 6.45) is 6.44. The third kappa shape index (κ3) is 9.01. The lowest BCUT2D eigenvalue weighted by Gasteiger charge is -2.35. The van der Waals surface area contributed by atoms with Gasteiger partial charge in [0.2, 0.25) is 21.8 Å². The molecule has 3 fully saturated rings. The van der Waals surface area contributed by atoms with Gasteiger partial charge in [-0.15, -0.1) is 6.58 Å². The second-order valence-corrected chi connectivity index (χ2v) is 20.2. The standard InChI is InChI=1S/C45H55N5O9S/c1-8-29-24-45(29,41(53)49-60(55,56)31-17-18-31)48-39(51)35-21-30-25-50(35)40(52)38(43(2,3)4)47-42(54)58-26-44(5,6)19-13-12-16-28-20-32-34(23-36(28)57-7)46-33(22-37(32)59-30)27-14-10-9-11-15-27/h8-12,14-16,20,22-23,29-31,35,38H,1,13,17-19,21,24-26H2,2-7H3,(H,47,54)(H,48,51)(H,49,53)/b16-12+/t29-,30+,35-,38+,45+/m0/s1. The molecular formula is C45H55N5O9S. The van der Waals surface area contributed by atoms with Crippen molar-refractivity contribution in [3.63, 3.8) is 0 Å². The Morgan fingerprint density at radius 1 is 1.10 bits per heavy atom. The van der Waals surface area contributed by atoms with Gasteiger partial charge in [-0.1, -0.05) is 83.2 Å². The van der Waals surface area contributed by atoms with E-state index in [0.717, 1.165) is 11.1 Å². The molecule has 0 radical (unpaired) electrons. The zero-order valence-corrected chi connectivity index (χ0v) is 35.9. The highest BCUT2D eigenvalue weighted by Crippen LogP contribution is 2.46. The van der Waals surface area contributed by atoms with Crippen LogP contribution in [0, 0.1) is 16.7 Å². The molecule has 15 heteroatoms. The molecule has 3 aromatic rings. The Bertz CT molecular complexity index is 2340. The van der Waals surface area contributed by atoms with Gasteiger partial charge in [-0.3, -0.25) is 19.1 Å². The van der Waals surface area contributed by atoms with E-state index in [9.17, 15) is 27.6 Å². The van der Waals surface area contributed by atoms with E-state index in [2.05, 4.69) is 21.9 Å². The second kappa shape index (κ2) is 16.2. The van der Waals surface area contributed by atoms with Crippen molar-refractivity contribution in [3.8, 4) is 22.8 Å². The minimum absolute atomic E-state index is 0.0112. The van der Waals surface area contributed by atoms with Gasteiger partial charge in [0.15, 0.2) is 0 Å². The van der Waals surface area contributed by atoms with Crippen molar-refractivity contribution in [1.82, 2.24) is 25.2 Å². The summed E-state index contributed by atoms with van der Waals surface area (Å²) in [5, 5.41) is 5.66. The van der Waals surface area contributed by atoms with E-state index in [1.165, 1.54) is 11.0 Å². The minimum Gasteiger partial charge on any atom is -0.496 e. The van der Waals surface area contributed by atoms with Crippen LogP contribution in [0.4, 0.5) is 4.79 Å². The van der Waals surface area contributed by atoms with Gasteiger partial charge in [0.1, 0.15) is 35.2 Å². The number of nitrogens with one attached hydrogen (secondary N) is 3. The molecule has 1 aromatic heterocycles. The van der Waals surface area contributed by atoms with Gasteiger partial charge < -0.3 is 29.7 Å². The van der Waals surface area contributed by atoms with E-state index in [-0.39, 0.29) is 26.0 Å². The third-order valence-electron chi connectivity index (χ3n) is 11.8. The molecule has 2 aliphatic heterocycles. The third-order valence-corrected chi connectivity index (χ3v) is 13.7. The van der Waals surface area contributed by atoms with E-state index in [1.54, 1.807) is 27.9 Å². The summed E-state index contributed by atoms with van der Waals surface area (Å²) in [5.74, 6) is -1.52. The zero-order valence-electron chi connectivity index (χ0n) is 35.1. The fourth-order valence-electron chi connectivity index (χ4n) is 7.97. The molecule has 5 atom stereocenters. The highest BCUT2D eigenvalue weighted by Gasteiger charge is 2.62. The van der Waals surface area contributed by atoms with Gasteiger partial charge in [0.05, 0.1) is 36.7 Å². The van der Waals surface area contributed by atoms with Crippen molar-refractivity contribution in [3.05, 3.63) is 72.8 Å². The number of fused-ring (bicyclic) bond motifs is 3. The molecular weight excluding hydrogens is 787 g/mol. The normalized spacial score (nSPS) is 26.3. The van der Waals surface area contributed by atoms with Crippen molar-refractivity contribution in [2.45, 2.75) is 102 Å². The maximum absolute atomic E-state index is 14.8. The molecule has 2 saturated carbocycles. The summed E-state index contributed by atoms with van der Waals surface area (Å²) in [4.78, 5) is 62.9. The fraction of sp³-hybridized carbons (Fsp3) is 0.489. The number of allylic oxidation sites excluding steroid dienone is 1. The maximum Gasteiger partial charge on any atom is 0.407 e. The largest absolute Gasteiger partial charge is 0.496 e. The number of benzene rings is 2. The van der Waals surface area contributed by atoms with Crippen molar-refractivity contribution >= 4 is 50.8 Å². The number of hydrogen-bond donors (Lipinski definition) is 3. The van der Waals surface area contributed by atoms with Crippen LogP contribution >= 0.6 is 0 Å². The molecule has 4 amide bonds. The zero-order chi connectivity index (χ0) is 43.2. The van der Waals surface area contributed by atoms with E-state index < -0.39 is 79.6 Å². The van der Waals surface area contributed by atoms with Crippen LogP contribution in [-0.4, -0.2) is 91.4 Å². The van der Waals surface area contributed by atoms with Crippen LogP contribution in [0.3, 0.4) is 0 Å². The smallest absolute Gasteiger partial charge is 0.407 e. The number of carbonyl (C=O) groups is 4. The fourth-order valence-corrected chi connectivity index (χ4v) is 9.33. The number of sulfonamides is 1. The predicted molar refractivity (Wildman–Crippen MR) is 227 cm³/mol. The average Bonchev–Trinajstić information content (AvgIpc) is 4.13. The van der Waals surface area contributed by atoms with Gasteiger partial charge >= 0.3 is 6.09 Å². The number of alkyl carbamates (subject to hydrolysis) is 1. The van der Waals surface area contributed by atoms with E-state index in [4.69, 9.17) is 19.2 Å². The predicted octanol–water partition coefficient (Wildman–Crippen LogP) is 5.90. The molecule has 0 spiro atoms. The van der Waals surface area contributed by atoms with Gasteiger partial charge in [-0.2, -0.15) is 0 Å². The van der Waals surface area contributed by atoms with E-state index in [1.807, 2.05) is 74.5 Å². The minimum atomic E-state index is -3.93. The van der Waals surface area contributed by atoms with Crippen molar-refractivity contribution in [2.75, 3.05) is 20.3 Å². The second-order valence-electron chi connectivity index (χ2n) is 18.3. The molecule has 7 rings (SSSR count). The van der Waals surface area contributed by atoms with Crippen LogP contribution in [0.1, 0.15) is 78.7 Å². The van der Waals surface area contributed by atoms with Gasteiger partial charge in [-0.25, -0.2) is 18.2 Å². The van der Waals surface area contributed by atoms with Crippen LogP contribution < -0.4 is 24.8 Å². The van der Waals surface area contributed by atoms with Crippen molar-refractivity contribution in [1.29, 1.82) is 0 Å². The number of cyclic esters (lactones) is 1. The van der Waals surface area contributed by atoms with Crippen molar-refractivity contribution < 1.29 is 41.8 Å². The molecule has 4 aliphatic rings. The Morgan fingerprint density at radius 3 is 2.48 bits per heavy atom. The molecule has 3 N–H and O–H groups in total. The first-order chi connectivity index (χ1) is 28.3. The van der Waals surface area contributed by atoms with E-state index in [0.29, 0.717) is 53.8 Å². The number of aromatic nitrogens is 1. The van der Waals surface area contributed by atoms with Gasteiger partial charge in [0, 0.05) is 41.0 Å². The lowest BCUT2D eigenvalue weighted by Crippen LogP contribution is -2.60. The summed E-state index contributed by atoms with van der Waals surface area (Å²) in [5.41, 5.74) is 0.0658. The lowest BCUT2D eigenvalue weighted by atomic mass is 9.85. The van der Waals surface area contributed by atoms with Crippen LogP contribution in [0.2, 0.25) is 0 Å². The number of methoxy groups -OCH3 is 1. The first-order valence-corrected chi connectivity index (χ1v) is 22.0.